The van der Waals surface area contributed by atoms with Crippen LogP contribution in [0.3, 0.4) is 0 Å². The molecule has 1 fully saturated rings. The molecule has 0 radical (unpaired) electrons. The summed E-state index contributed by atoms with van der Waals surface area (Å²) in [6.45, 7) is 1.40. The van der Waals surface area contributed by atoms with Crippen LogP contribution in [0.15, 0.2) is 71.1 Å². The summed E-state index contributed by atoms with van der Waals surface area (Å²) < 4.78 is 51.3. The van der Waals surface area contributed by atoms with Crippen molar-refractivity contribution in [2.45, 2.75) is 12.4 Å². The number of anilines is 2. The Bertz CT molecular complexity index is 1640. The Labute approximate surface area is 241 Å². The molecule has 1 unspecified atom stereocenters. The molecule has 4 aromatic rings. The van der Waals surface area contributed by atoms with E-state index in [2.05, 4.69) is 5.32 Å². The van der Waals surface area contributed by atoms with Gasteiger partial charge in [-0.3, -0.25) is 24.6 Å². The molecule has 1 atom stereocenters. The number of nitrogens with zero attached hydrogens (tertiary/aromatic N) is 3. The second-order valence-electron chi connectivity index (χ2n) is 9.40. The zero-order chi connectivity index (χ0) is 30.0. The number of hydrogen-bond donors (Lipinski definition) is 1. The first-order valence-electron chi connectivity index (χ1n) is 12.6. The van der Waals surface area contributed by atoms with Gasteiger partial charge in [-0.25, -0.2) is 0 Å². The number of carbonyl (C=O) groups excluding carboxylic acids is 2. The van der Waals surface area contributed by atoms with Crippen LogP contribution < -0.4 is 10.1 Å². The molecular weight excluding hydrogens is 581 g/mol. The van der Waals surface area contributed by atoms with Gasteiger partial charge >= 0.3 is 6.18 Å². The van der Waals surface area contributed by atoms with Crippen LogP contribution in [0.25, 0.3) is 11.0 Å². The van der Waals surface area contributed by atoms with Crippen molar-refractivity contribution in [3.8, 4) is 5.75 Å². The van der Waals surface area contributed by atoms with Gasteiger partial charge in [0, 0.05) is 54.0 Å². The van der Waals surface area contributed by atoms with E-state index >= 15 is 0 Å². The van der Waals surface area contributed by atoms with Crippen LogP contribution in [0.5, 0.6) is 5.75 Å². The average molecular weight is 603 g/mol. The highest BCUT2D eigenvalue weighted by Crippen LogP contribution is 2.38. The maximum Gasteiger partial charge on any atom is 0.423 e. The molecule has 0 saturated carbocycles. The first-order chi connectivity index (χ1) is 20.0. The van der Waals surface area contributed by atoms with Crippen molar-refractivity contribution in [3.63, 3.8) is 0 Å². The number of halogens is 4. The van der Waals surface area contributed by atoms with E-state index < -0.39 is 28.6 Å². The zero-order valence-electron chi connectivity index (χ0n) is 21.6. The second kappa shape index (κ2) is 11.7. The van der Waals surface area contributed by atoms with Crippen molar-refractivity contribution in [1.82, 2.24) is 9.80 Å². The summed E-state index contributed by atoms with van der Waals surface area (Å²) in [6.07, 6.45) is -5.19. The molecule has 10 nitrogen and oxygen atoms in total. The molecular formula is C28H22ClF3N4O6. The van der Waals surface area contributed by atoms with Crippen molar-refractivity contribution in [1.29, 1.82) is 0 Å². The van der Waals surface area contributed by atoms with E-state index in [0.717, 1.165) is 11.5 Å². The van der Waals surface area contributed by atoms with Crippen molar-refractivity contribution in [2.75, 3.05) is 31.5 Å². The van der Waals surface area contributed by atoms with Gasteiger partial charge in [0.25, 0.3) is 11.6 Å². The van der Waals surface area contributed by atoms with E-state index in [1.54, 1.807) is 34.1 Å². The Kier molecular flexibility index (Phi) is 8.05. The number of hydrogen-bond acceptors (Lipinski definition) is 8. The van der Waals surface area contributed by atoms with Crippen LogP contribution >= 0.6 is 11.6 Å². The minimum atomic E-state index is -4.90. The van der Waals surface area contributed by atoms with Gasteiger partial charge in [0.15, 0.2) is 12.0 Å². The molecule has 218 valence electrons. The molecule has 1 amide bonds. The number of aldehydes is 1. The number of fused-ring (bicyclic) bond motifs is 1. The second-order valence-corrected chi connectivity index (χ2v) is 9.84. The molecule has 1 aliphatic heterocycles. The number of amides is 1. The number of piperazine rings is 1. The van der Waals surface area contributed by atoms with E-state index in [1.807, 2.05) is 0 Å². The van der Waals surface area contributed by atoms with Crippen LogP contribution in [-0.2, 0) is 11.0 Å². The molecule has 3 aromatic carbocycles. The fourth-order valence-electron chi connectivity index (χ4n) is 4.57. The van der Waals surface area contributed by atoms with Gasteiger partial charge < -0.3 is 19.4 Å². The molecule has 1 aromatic heterocycles. The zero-order valence-corrected chi connectivity index (χ0v) is 22.4. The molecule has 1 aliphatic rings. The SMILES string of the molecule is O=CC(Oc1ccc(Nc2ccc([N+](=O)[O-])c(C(F)(F)F)c2)cc1)N1CCN(C(=O)c2cc3cc(Cl)ccc3o2)CC1. The van der Waals surface area contributed by atoms with Gasteiger partial charge in [-0.05, 0) is 60.7 Å². The van der Waals surface area contributed by atoms with E-state index in [4.69, 9.17) is 20.8 Å². The smallest absolute Gasteiger partial charge is 0.423 e. The summed E-state index contributed by atoms with van der Waals surface area (Å²) >= 11 is 6.01. The number of nitrogens with one attached hydrogen (secondary N) is 1. The predicted molar refractivity (Wildman–Crippen MR) is 147 cm³/mol. The highest BCUT2D eigenvalue weighted by Gasteiger charge is 2.38. The Hall–Kier alpha value is -4.62. The third kappa shape index (κ3) is 6.31. The predicted octanol–water partition coefficient (Wildman–Crippen LogP) is 6.12. The van der Waals surface area contributed by atoms with Crippen molar-refractivity contribution in [2.24, 2.45) is 0 Å². The number of furan rings is 1. The van der Waals surface area contributed by atoms with Gasteiger partial charge in [-0.15, -0.1) is 0 Å². The summed E-state index contributed by atoms with van der Waals surface area (Å²) in [7, 11) is 0. The van der Waals surface area contributed by atoms with E-state index in [1.165, 1.54) is 30.3 Å². The van der Waals surface area contributed by atoms with Gasteiger partial charge in [-0.2, -0.15) is 13.2 Å². The third-order valence-electron chi connectivity index (χ3n) is 6.67. The quantitative estimate of drug-likeness (QED) is 0.146. The summed E-state index contributed by atoms with van der Waals surface area (Å²) in [6, 6.07) is 15.5. The highest BCUT2D eigenvalue weighted by atomic mass is 35.5. The van der Waals surface area contributed by atoms with Gasteiger partial charge in [0.05, 0.1) is 4.92 Å². The maximum atomic E-state index is 13.3. The summed E-state index contributed by atoms with van der Waals surface area (Å²) in [5.74, 6) is 0.252. The molecule has 0 aliphatic carbocycles. The number of nitro benzene ring substituents is 1. The van der Waals surface area contributed by atoms with Gasteiger partial charge in [-0.1, -0.05) is 11.6 Å². The summed E-state index contributed by atoms with van der Waals surface area (Å²) in [5, 5.41) is 15.0. The molecule has 2 heterocycles. The number of nitro groups is 1. The lowest BCUT2D eigenvalue weighted by atomic mass is 10.1. The monoisotopic (exact) mass is 602 g/mol. The number of benzene rings is 3. The van der Waals surface area contributed by atoms with E-state index in [0.29, 0.717) is 60.6 Å². The summed E-state index contributed by atoms with van der Waals surface area (Å²) in [5.41, 5.74) is -1.45. The first kappa shape index (κ1) is 28.9. The van der Waals surface area contributed by atoms with Crippen LogP contribution in [-0.4, -0.2) is 59.3 Å². The Morgan fingerprint density at radius 2 is 1.71 bits per heavy atom. The number of carbonyl (C=O) groups is 2. The fraction of sp³-hybridized carbons (Fsp3) is 0.214. The van der Waals surface area contributed by atoms with Crippen molar-refractivity contribution >= 4 is 51.8 Å². The van der Waals surface area contributed by atoms with E-state index in [9.17, 15) is 32.9 Å². The summed E-state index contributed by atoms with van der Waals surface area (Å²) in [4.78, 5) is 38.1. The molecule has 42 heavy (non-hydrogen) atoms. The maximum absolute atomic E-state index is 13.3. The average Bonchev–Trinajstić information content (AvgIpc) is 3.39. The highest BCUT2D eigenvalue weighted by molar-refractivity contribution is 6.31. The van der Waals surface area contributed by atoms with E-state index in [-0.39, 0.29) is 17.4 Å². The Morgan fingerprint density at radius 1 is 1.02 bits per heavy atom. The standard InChI is InChI=1S/C28H22ClF3N4O6/c29-18-1-8-24-17(13-18)14-25(42-24)27(38)35-11-9-34(10-12-35)26(16-37)41-21-5-2-19(3-6-21)33-20-4-7-23(36(39)40)22(15-20)28(30,31)32/h1-8,13-16,26,33H,9-12H2. The van der Waals surface area contributed by atoms with Gasteiger partial charge in [0.1, 0.15) is 16.9 Å². The largest absolute Gasteiger partial charge is 0.468 e. The van der Waals surface area contributed by atoms with Gasteiger partial charge in [0.2, 0.25) is 6.23 Å². The lowest BCUT2D eigenvalue weighted by molar-refractivity contribution is -0.388. The minimum absolute atomic E-state index is 0.00576. The van der Waals surface area contributed by atoms with Crippen LogP contribution in [0.2, 0.25) is 5.02 Å². The molecule has 0 spiro atoms. The van der Waals surface area contributed by atoms with Crippen molar-refractivity contribution < 1.29 is 36.8 Å². The number of ether oxygens (including phenoxy) is 1. The lowest BCUT2D eigenvalue weighted by Crippen LogP contribution is -2.53. The number of rotatable bonds is 8. The topological polar surface area (TPSA) is 118 Å². The third-order valence-corrected chi connectivity index (χ3v) is 6.90. The van der Waals surface area contributed by atoms with Crippen LogP contribution in [0, 0.1) is 10.1 Å². The molecule has 1 saturated heterocycles. The molecule has 1 N–H and O–H groups in total. The molecule has 14 heteroatoms. The fourth-order valence-corrected chi connectivity index (χ4v) is 4.75. The Balaban J connectivity index is 1.18. The molecule has 0 bridgehead atoms. The minimum Gasteiger partial charge on any atom is -0.468 e. The molecule has 5 rings (SSSR count). The lowest BCUT2D eigenvalue weighted by Gasteiger charge is -2.36. The normalized spacial score (nSPS) is 14.9. The first-order valence-corrected chi connectivity index (χ1v) is 13.0. The number of alkyl halides is 3. The van der Waals surface area contributed by atoms with Crippen LogP contribution in [0.4, 0.5) is 30.2 Å². The van der Waals surface area contributed by atoms with Crippen LogP contribution in [0.1, 0.15) is 16.1 Å². The van der Waals surface area contributed by atoms with Crippen molar-refractivity contribution in [3.05, 3.63) is 93.2 Å². The Morgan fingerprint density at radius 3 is 2.36 bits per heavy atom.